The van der Waals surface area contributed by atoms with Crippen LogP contribution in [0.1, 0.15) is 0 Å². The minimum absolute atomic E-state index is 0.536. The second-order valence-electron chi connectivity index (χ2n) is 3.72. The maximum atomic E-state index is 5.81. The first-order valence-electron chi connectivity index (χ1n) is 5.57. The minimum Gasteiger partial charge on any atom is -0.416 e. The van der Waals surface area contributed by atoms with Crippen LogP contribution in [0.4, 0.5) is 0 Å². The summed E-state index contributed by atoms with van der Waals surface area (Å²) in [5.41, 5.74) is 0. The van der Waals surface area contributed by atoms with Gasteiger partial charge in [-0.2, -0.15) is 0 Å². The molecule has 0 unspecified atom stereocenters. The predicted octanol–water partition coefficient (Wildman–Crippen LogP) is 5.32. The highest BCUT2D eigenvalue weighted by Gasteiger charge is 2.22. The molecule has 0 saturated carbocycles. The zero-order valence-corrected chi connectivity index (χ0v) is 13.7. The van der Waals surface area contributed by atoms with Crippen LogP contribution < -0.4 is 9.05 Å². The molecule has 2 rings (SSSR count). The first-order chi connectivity index (χ1) is 9.50. The molecule has 106 valence electrons. The summed E-state index contributed by atoms with van der Waals surface area (Å²) in [6.07, 6.45) is 0. The lowest BCUT2D eigenvalue weighted by molar-refractivity contribution is 0.319. The molecule has 0 heterocycles. The van der Waals surface area contributed by atoms with Crippen LogP contribution in [0.2, 0.25) is 10.0 Å². The summed E-state index contributed by atoms with van der Waals surface area (Å²) < 4.78 is 16.5. The molecule has 0 bridgehead atoms. The van der Waals surface area contributed by atoms with Crippen LogP contribution in [0.25, 0.3) is 0 Å². The van der Waals surface area contributed by atoms with Gasteiger partial charge in [-0.1, -0.05) is 23.2 Å². The van der Waals surface area contributed by atoms with Crippen molar-refractivity contribution in [2.24, 2.45) is 0 Å². The summed E-state index contributed by atoms with van der Waals surface area (Å²) in [5, 5.41) is 1.23. The van der Waals surface area contributed by atoms with Crippen molar-refractivity contribution in [3.05, 3.63) is 58.6 Å². The molecule has 0 aromatic heterocycles. The molecule has 0 aliphatic heterocycles. The van der Waals surface area contributed by atoms with Crippen molar-refractivity contribution in [2.75, 3.05) is 7.11 Å². The van der Waals surface area contributed by atoms with E-state index in [0.717, 1.165) is 0 Å². The molecule has 2 aromatic carbocycles. The second kappa shape index (κ2) is 6.79. The van der Waals surface area contributed by atoms with Gasteiger partial charge in [-0.3, -0.25) is 4.52 Å². The zero-order chi connectivity index (χ0) is 14.6. The number of rotatable bonds is 5. The molecule has 0 saturated heterocycles. The van der Waals surface area contributed by atoms with Crippen molar-refractivity contribution < 1.29 is 13.6 Å². The van der Waals surface area contributed by atoms with Crippen LogP contribution in [0, 0.1) is 0 Å². The van der Waals surface area contributed by atoms with Crippen LogP contribution in [0.3, 0.4) is 0 Å². The van der Waals surface area contributed by atoms with Gasteiger partial charge in [-0.15, -0.1) is 0 Å². The summed E-state index contributed by atoms with van der Waals surface area (Å²) in [6.45, 7) is -2.93. The van der Waals surface area contributed by atoms with Crippen LogP contribution in [0.15, 0.2) is 48.5 Å². The van der Waals surface area contributed by atoms with Gasteiger partial charge in [0.2, 0.25) is 0 Å². The average Bonchev–Trinajstić information content (AvgIpc) is 2.44. The molecule has 0 amide bonds. The van der Waals surface area contributed by atoms with E-state index in [9.17, 15) is 0 Å². The largest absolute Gasteiger partial charge is 0.434 e. The van der Waals surface area contributed by atoms with Crippen molar-refractivity contribution in [3.8, 4) is 11.5 Å². The van der Waals surface area contributed by atoms with Crippen molar-refractivity contribution in [3.63, 3.8) is 0 Å². The standard InChI is InChI=1S/C13H11Cl2O3PS/c1-16-19(20,17-12-6-2-10(14)3-7-12)18-13-8-4-11(15)5-9-13/h2-9H,1H3. The van der Waals surface area contributed by atoms with Crippen LogP contribution in [-0.2, 0) is 16.3 Å². The van der Waals surface area contributed by atoms with E-state index < -0.39 is 6.72 Å². The van der Waals surface area contributed by atoms with Gasteiger partial charge >= 0.3 is 6.72 Å². The Labute approximate surface area is 132 Å². The molecular weight excluding hydrogens is 338 g/mol. The lowest BCUT2D eigenvalue weighted by atomic mass is 10.3. The van der Waals surface area contributed by atoms with E-state index in [1.807, 2.05) is 0 Å². The average molecular weight is 349 g/mol. The van der Waals surface area contributed by atoms with Gasteiger partial charge in [-0.05, 0) is 48.5 Å². The Morgan fingerprint density at radius 2 is 1.15 bits per heavy atom. The minimum atomic E-state index is -2.93. The number of hydrogen-bond donors (Lipinski definition) is 0. The van der Waals surface area contributed by atoms with Gasteiger partial charge in [0.05, 0.1) is 0 Å². The van der Waals surface area contributed by atoms with E-state index in [0.29, 0.717) is 21.5 Å². The smallest absolute Gasteiger partial charge is 0.416 e. The Balaban J connectivity index is 2.14. The van der Waals surface area contributed by atoms with Crippen LogP contribution >= 0.6 is 29.9 Å². The van der Waals surface area contributed by atoms with Crippen molar-refractivity contribution in [1.82, 2.24) is 0 Å². The molecule has 0 aliphatic rings. The first-order valence-corrected chi connectivity index (χ1v) is 8.88. The van der Waals surface area contributed by atoms with E-state index in [2.05, 4.69) is 0 Å². The molecular formula is C13H11Cl2O3PS. The van der Waals surface area contributed by atoms with Gasteiger partial charge in [0.1, 0.15) is 11.5 Å². The SMILES string of the molecule is COP(=S)(Oc1ccc(Cl)cc1)Oc1ccc(Cl)cc1. The molecule has 2 aromatic rings. The Morgan fingerprint density at radius 1 is 0.800 bits per heavy atom. The fourth-order valence-electron chi connectivity index (χ4n) is 1.34. The topological polar surface area (TPSA) is 27.7 Å². The van der Waals surface area contributed by atoms with Crippen LogP contribution in [-0.4, -0.2) is 7.11 Å². The number of halogens is 2. The summed E-state index contributed by atoms with van der Waals surface area (Å²) in [6, 6.07) is 13.6. The van der Waals surface area contributed by atoms with Crippen molar-refractivity contribution in [1.29, 1.82) is 0 Å². The summed E-state index contributed by atoms with van der Waals surface area (Å²) in [7, 11) is 1.45. The third kappa shape index (κ3) is 4.37. The van der Waals surface area contributed by atoms with E-state index in [4.69, 9.17) is 48.6 Å². The highest BCUT2D eigenvalue weighted by Crippen LogP contribution is 2.49. The molecule has 0 fully saturated rings. The van der Waals surface area contributed by atoms with Crippen molar-refractivity contribution >= 4 is 41.7 Å². The predicted molar refractivity (Wildman–Crippen MR) is 85.5 cm³/mol. The van der Waals surface area contributed by atoms with E-state index >= 15 is 0 Å². The summed E-state index contributed by atoms with van der Waals surface area (Å²) in [4.78, 5) is 0. The highest BCUT2D eigenvalue weighted by molar-refractivity contribution is 8.07. The lowest BCUT2D eigenvalue weighted by Crippen LogP contribution is -2.02. The molecule has 0 radical (unpaired) electrons. The maximum absolute atomic E-state index is 5.81. The molecule has 0 spiro atoms. The van der Waals surface area contributed by atoms with E-state index in [1.165, 1.54) is 7.11 Å². The van der Waals surface area contributed by atoms with E-state index in [1.54, 1.807) is 48.5 Å². The monoisotopic (exact) mass is 348 g/mol. The van der Waals surface area contributed by atoms with Gasteiger partial charge in [0, 0.05) is 29.0 Å². The lowest BCUT2D eigenvalue weighted by Gasteiger charge is -2.21. The molecule has 0 N–H and O–H groups in total. The zero-order valence-electron chi connectivity index (χ0n) is 10.5. The van der Waals surface area contributed by atoms with Crippen molar-refractivity contribution in [2.45, 2.75) is 0 Å². The maximum Gasteiger partial charge on any atom is 0.434 e. The third-order valence-electron chi connectivity index (χ3n) is 2.29. The fourth-order valence-corrected chi connectivity index (χ4v) is 3.06. The Kier molecular flexibility index (Phi) is 5.30. The summed E-state index contributed by atoms with van der Waals surface area (Å²) >= 11 is 16.9. The first kappa shape index (κ1) is 15.6. The number of hydrogen-bond acceptors (Lipinski definition) is 4. The summed E-state index contributed by atoms with van der Waals surface area (Å²) in [5.74, 6) is 1.07. The van der Waals surface area contributed by atoms with E-state index in [-0.39, 0.29) is 0 Å². The molecule has 7 heteroatoms. The molecule has 3 nitrogen and oxygen atoms in total. The molecule has 20 heavy (non-hydrogen) atoms. The fraction of sp³-hybridized carbons (Fsp3) is 0.0769. The Bertz CT molecular complexity index is 565. The van der Waals surface area contributed by atoms with Gasteiger partial charge in [-0.25, -0.2) is 0 Å². The highest BCUT2D eigenvalue weighted by atomic mass is 35.5. The molecule has 0 atom stereocenters. The number of benzene rings is 2. The normalized spacial score (nSPS) is 11.2. The van der Waals surface area contributed by atoms with Gasteiger partial charge in [0.25, 0.3) is 0 Å². The Hall–Kier alpha value is -0.770. The van der Waals surface area contributed by atoms with Gasteiger partial charge < -0.3 is 9.05 Å². The third-order valence-corrected chi connectivity index (χ3v) is 5.00. The Morgan fingerprint density at radius 3 is 1.45 bits per heavy atom. The second-order valence-corrected chi connectivity index (χ2v) is 7.56. The molecule has 0 aliphatic carbocycles. The van der Waals surface area contributed by atoms with Crippen LogP contribution in [0.5, 0.6) is 11.5 Å². The quantitative estimate of drug-likeness (QED) is 0.683. The van der Waals surface area contributed by atoms with Gasteiger partial charge in [0.15, 0.2) is 0 Å².